The zero-order valence-corrected chi connectivity index (χ0v) is 19.5. The van der Waals surface area contributed by atoms with Crippen molar-refractivity contribution >= 4 is 5.97 Å². The van der Waals surface area contributed by atoms with E-state index in [1.165, 1.54) is 0 Å². The highest BCUT2D eigenvalue weighted by Gasteiger charge is 2.31. The van der Waals surface area contributed by atoms with Crippen molar-refractivity contribution in [3.63, 3.8) is 0 Å². The molecule has 0 amide bonds. The van der Waals surface area contributed by atoms with Crippen LogP contribution in [0.4, 0.5) is 0 Å². The molecule has 2 N–H and O–H groups in total. The van der Waals surface area contributed by atoms with Crippen molar-refractivity contribution in [1.29, 1.82) is 5.26 Å². The number of ether oxygens (including phenoxy) is 3. The number of aryl methyl sites for hydroxylation is 1. The number of fused-ring (bicyclic) bond motifs is 1. The van der Waals surface area contributed by atoms with Crippen LogP contribution in [0.2, 0.25) is 0 Å². The van der Waals surface area contributed by atoms with Gasteiger partial charge < -0.3 is 19.9 Å². The molecule has 176 valence electrons. The lowest BCUT2D eigenvalue weighted by Crippen LogP contribution is -2.21. The van der Waals surface area contributed by atoms with E-state index < -0.39 is 11.9 Å². The molecule has 0 radical (unpaired) electrons. The van der Waals surface area contributed by atoms with E-state index in [4.69, 9.17) is 19.9 Å². The minimum atomic E-state index is -0.478. The summed E-state index contributed by atoms with van der Waals surface area (Å²) in [6.45, 7) is 1.95. The lowest BCUT2D eigenvalue weighted by atomic mass is 9.83. The second-order valence-corrected chi connectivity index (χ2v) is 8.37. The first-order chi connectivity index (χ1) is 17.5. The number of nitrogens with zero attached hydrogens (tertiary/aromatic N) is 1. The zero-order valence-electron chi connectivity index (χ0n) is 19.5. The quantitative estimate of drug-likeness (QED) is 0.272. The first-order valence-electron chi connectivity index (χ1n) is 11.3. The summed E-state index contributed by atoms with van der Waals surface area (Å²) in [5.74, 6) is 1.12. The maximum Gasteiger partial charge on any atom is 0.343 e. The summed E-state index contributed by atoms with van der Waals surface area (Å²) in [6.07, 6.45) is 0. The summed E-state index contributed by atoms with van der Waals surface area (Å²) in [5, 5.41) is 9.87. The lowest BCUT2D eigenvalue weighted by molar-refractivity contribution is 0.0734. The van der Waals surface area contributed by atoms with Crippen LogP contribution in [0.5, 0.6) is 23.0 Å². The first-order valence-corrected chi connectivity index (χ1v) is 11.3. The minimum Gasteiger partial charge on any atom is -0.457 e. The zero-order chi connectivity index (χ0) is 25.1. The molecule has 1 heterocycles. The molecule has 36 heavy (non-hydrogen) atoms. The van der Waals surface area contributed by atoms with E-state index in [0.29, 0.717) is 34.1 Å². The molecule has 0 aliphatic carbocycles. The Morgan fingerprint density at radius 2 is 1.64 bits per heavy atom. The molecule has 6 heteroatoms. The number of hydrogen-bond donors (Lipinski definition) is 1. The molecule has 0 bridgehead atoms. The summed E-state index contributed by atoms with van der Waals surface area (Å²) in [5.41, 5.74) is 9.48. The number of esters is 1. The van der Waals surface area contributed by atoms with Gasteiger partial charge in [0, 0.05) is 11.6 Å². The largest absolute Gasteiger partial charge is 0.457 e. The number of allylic oxidation sites excluding steroid dienone is 1. The van der Waals surface area contributed by atoms with Crippen LogP contribution in [0.25, 0.3) is 0 Å². The summed E-state index contributed by atoms with van der Waals surface area (Å²) in [6, 6.07) is 31.4. The maximum absolute atomic E-state index is 12.6. The van der Waals surface area contributed by atoms with Gasteiger partial charge in [-0.2, -0.15) is 5.26 Å². The van der Waals surface area contributed by atoms with Gasteiger partial charge in [-0.25, -0.2) is 4.79 Å². The Bertz CT molecular complexity index is 1500. The number of nitriles is 1. The Labute approximate surface area is 208 Å². The second kappa shape index (κ2) is 9.69. The van der Waals surface area contributed by atoms with Gasteiger partial charge in [-0.1, -0.05) is 54.1 Å². The van der Waals surface area contributed by atoms with E-state index in [1.807, 2.05) is 73.7 Å². The van der Waals surface area contributed by atoms with Crippen LogP contribution >= 0.6 is 0 Å². The maximum atomic E-state index is 12.6. The lowest BCUT2D eigenvalue weighted by Gasteiger charge is -2.27. The molecule has 1 atom stereocenters. The number of para-hydroxylation sites is 1. The number of rotatable bonds is 5. The van der Waals surface area contributed by atoms with Crippen molar-refractivity contribution in [1.82, 2.24) is 0 Å². The molecule has 0 fully saturated rings. The summed E-state index contributed by atoms with van der Waals surface area (Å²) >= 11 is 0. The van der Waals surface area contributed by atoms with Crippen molar-refractivity contribution in [2.24, 2.45) is 5.73 Å². The Balaban J connectivity index is 1.46. The highest BCUT2D eigenvalue weighted by atomic mass is 16.5. The van der Waals surface area contributed by atoms with E-state index in [2.05, 4.69) is 6.07 Å². The Morgan fingerprint density at radius 1 is 0.889 bits per heavy atom. The molecule has 1 aliphatic rings. The molecule has 0 saturated heterocycles. The summed E-state index contributed by atoms with van der Waals surface area (Å²) in [7, 11) is 0. The van der Waals surface area contributed by atoms with Crippen molar-refractivity contribution < 1.29 is 19.0 Å². The molecule has 0 saturated carbocycles. The highest BCUT2D eigenvalue weighted by Crippen LogP contribution is 2.44. The van der Waals surface area contributed by atoms with Gasteiger partial charge in [0.25, 0.3) is 0 Å². The SMILES string of the molecule is Cc1ccc(C(=O)Oc2ccc3c(c2)OC(N)=C(C#N)C3c2cccc(Oc3ccccc3)c2)cc1. The van der Waals surface area contributed by atoms with Gasteiger partial charge >= 0.3 is 5.97 Å². The van der Waals surface area contributed by atoms with Crippen LogP contribution in [0.15, 0.2) is 109 Å². The molecular weight excluding hydrogens is 452 g/mol. The van der Waals surface area contributed by atoms with Gasteiger partial charge in [0.05, 0.1) is 11.5 Å². The first kappa shape index (κ1) is 22.8. The number of nitrogens with two attached hydrogens (primary N) is 1. The van der Waals surface area contributed by atoms with E-state index in [1.54, 1.807) is 30.3 Å². The number of hydrogen-bond acceptors (Lipinski definition) is 6. The van der Waals surface area contributed by atoms with Crippen molar-refractivity contribution in [2.45, 2.75) is 12.8 Å². The van der Waals surface area contributed by atoms with Gasteiger partial charge in [0.1, 0.15) is 34.6 Å². The normalized spacial score (nSPS) is 14.3. The van der Waals surface area contributed by atoms with Gasteiger partial charge in [-0.3, -0.25) is 0 Å². The smallest absolute Gasteiger partial charge is 0.343 e. The van der Waals surface area contributed by atoms with Gasteiger partial charge in [0.2, 0.25) is 5.88 Å². The highest BCUT2D eigenvalue weighted by molar-refractivity contribution is 5.91. The molecule has 0 spiro atoms. The van der Waals surface area contributed by atoms with Crippen molar-refractivity contribution in [3.8, 4) is 29.1 Å². The Kier molecular flexibility index (Phi) is 6.12. The number of benzene rings is 4. The van der Waals surface area contributed by atoms with Crippen LogP contribution in [0.3, 0.4) is 0 Å². The fraction of sp³-hybridized carbons (Fsp3) is 0.0667. The van der Waals surface area contributed by atoms with Crippen LogP contribution in [-0.4, -0.2) is 5.97 Å². The van der Waals surface area contributed by atoms with E-state index in [9.17, 15) is 10.1 Å². The average molecular weight is 475 g/mol. The van der Waals surface area contributed by atoms with E-state index in [0.717, 1.165) is 16.7 Å². The molecule has 1 aliphatic heterocycles. The third-order valence-electron chi connectivity index (χ3n) is 5.86. The molecule has 6 nitrogen and oxygen atoms in total. The predicted octanol–water partition coefficient (Wildman–Crippen LogP) is 6.22. The third kappa shape index (κ3) is 4.63. The summed E-state index contributed by atoms with van der Waals surface area (Å²) in [4.78, 5) is 12.6. The van der Waals surface area contributed by atoms with E-state index >= 15 is 0 Å². The van der Waals surface area contributed by atoms with Crippen LogP contribution in [-0.2, 0) is 0 Å². The Hall–Kier alpha value is -5.02. The second-order valence-electron chi connectivity index (χ2n) is 8.37. The molecule has 4 aromatic carbocycles. The standard InChI is InChI=1S/C30H22N2O4/c1-19-10-12-20(13-11-19)30(33)35-24-14-15-25-27(17-24)36-29(32)26(18-31)28(25)21-6-5-9-23(16-21)34-22-7-3-2-4-8-22/h2-17,28H,32H2,1H3. The predicted molar refractivity (Wildman–Crippen MR) is 135 cm³/mol. The topological polar surface area (TPSA) is 94.6 Å². The van der Waals surface area contributed by atoms with Crippen molar-refractivity contribution in [3.05, 3.63) is 131 Å². The third-order valence-corrected chi connectivity index (χ3v) is 5.86. The Morgan fingerprint density at radius 3 is 2.39 bits per heavy atom. The fourth-order valence-corrected chi connectivity index (χ4v) is 4.08. The van der Waals surface area contributed by atoms with Crippen molar-refractivity contribution in [2.75, 3.05) is 0 Å². The molecule has 1 unspecified atom stereocenters. The molecule has 5 rings (SSSR count). The minimum absolute atomic E-state index is 0.00592. The van der Waals surface area contributed by atoms with E-state index in [-0.39, 0.29) is 5.88 Å². The van der Waals surface area contributed by atoms with Crippen LogP contribution in [0.1, 0.15) is 33.0 Å². The van der Waals surface area contributed by atoms with Gasteiger partial charge in [0.15, 0.2) is 0 Å². The number of carbonyl (C=O) groups excluding carboxylic acids is 1. The fourth-order valence-electron chi connectivity index (χ4n) is 4.08. The summed E-state index contributed by atoms with van der Waals surface area (Å²) < 4.78 is 17.3. The monoisotopic (exact) mass is 474 g/mol. The average Bonchev–Trinajstić information content (AvgIpc) is 2.89. The van der Waals surface area contributed by atoms with Gasteiger partial charge in [-0.05, 0) is 55.0 Å². The molecule has 0 aromatic heterocycles. The van der Waals surface area contributed by atoms with Crippen LogP contribution in [0, 0.1) is 18.3 Å². The van der Waals surface area contributed by atoms with Crippen LogP contribution < -0.4 is 19.9 Å². The number of carbonyl (C=O) groups is 1. The van der Waals surface area contributed by atoms with Gasteiger partial charge in [-0.15, -0.1) is 0 Å². The molecular formula is C30H22N2O4. The molecule has 4 aromatic rings.